The molecule has 0 radical (unpaired) electrons. The Morgan fingerprint density at radius 3 is 2.71 bits per heavy atom. The van der Waals surface area contributed by atoms with Gasteiger partial charge in [-0.1, -0.05) is 73.0 Å². The largest absolute Gasteiger partial charge is 0.333 e. The molecule has 4 rings (SSSR count). The van der Waals surface area contributed by atoms with Crippen LogP contribution in [0.4, 0.5) is 5.69 Å². The molecule has 0 spiro atoms. The predicted molar refractivity (Wildman–Crippen MR) is 121 cm³/mol. The molecule has 2 aromatic rings. The van der Waals surface area contributed by atoms with Crippen molar-refractivity contribution < 1.29 is 0 Å². The lowest BCUT2D eigenvalue weighted by atomic mass is 9.89. The number of allylic oxidation sites excluding steroid dienone is 5. The smallest absolute Gasteiger partial charge is 0.0633 e. The third kappa shape index (κ3) is 3.23. The van der Waals surface area contributed by atoms with Gasteiger partial charge in [-0.3, -0.25) is 0 Å². The van der Waals surface area contributed by atoms with Crippen LogP contribution in [0.1, 0.15) is 36.5 Å². The van der Waals surface area contributed by atoms with Gasteiger partial charge in [0.1, 0.15) is 0 Å². The van der Waals surface area contributed by atoms with Crippen LogP contribution >= 0.6 is 0 Å². The number of fused-ring (bicyclic) bond motifs is 3. The quantitative estimate of drug-likeness (QED) is 0.440. The van der Waals surface area contributed by atoms with Gasteiger partial charge in [-0.2, -0.15) is 0 Å². The molecule has 0 aromatic heterocycles. The second-order valence-electron chi connectivity index (χ2n) is 7.30. The third-order valence-corrected chi connectivity index (χ3v) is 5.44. The summed E-state index contributed by atoms with van der Waals surface area (Å²) in [6.45, 7) is 4.29. The molecule has 1 nitrogen and oxygen atoms in total. The molecule has 138 valence electrons. The molecule has 0 N–H and O–H groups in total. The van der Waals surface area contributed by atoms with Crippen molar-refractivity contribution in [1.29, 1.82) is 0 Å². The van der Waals surface area contributed by atoms with Crippen LogP contribution < -0.4 is 4.90 Å². The van der Waals surface area contributed by atoms with E-state index >= 15 is 0 Å². The highest BCUT2D eigenvalue weighted by molar-refractivity contribution is 5.97. The summed E-state index contributed by atoms with van der Waals surface area (Å²) in [6, 6.07) is 17.8. The molecule has 0 saturated carbocycles. The molecule has 2 aliphatic rings. The number of aryl methyl sites for hydroxylation is 1. The summed E-state index contributed by atoms with van der Waals surface area (Å²) < 4.78 is 0. The zero-order chi connectivity index (χ0) is 19.5. The fourth-order valence-electron chi connectivity index (χ4n) is 4.14. The lowest BCUT2D eigenvalue weighted by Crippen LogP contribution is -2.30. The van der Waals surface area contributed by atoms with E-state index in [0.29, 0.717) is 6.04 Å². The fourth-order valence-corrected chi connectivity index (χ4v) is 4.14. The number of nitrogens with zero attached hydrogens (tertiary/aromatic N) is 1. The van der Waals surface area contributed by atoms with Gasteiger partial charge in [0.15, 0.2) is 0 Å². The van der Waals surface area contributed by atoms with Gasteiger partial charge in [-0.05, 0) is 60.8 Å². The molecular formula is C27H25N. The second kappa shape index (κ2) is 7.79. The van der Waals surface area contributed by atoms with Gasteiger partial charge in [0.2, 0.25) is 0 Å². The minimum atomic E-state index is 0.312. The first kappa shape index (κ1) is 18.1. The maximum atomic E-state index is 5.49. The number of terminal acetylenes is 1. The molecular weight excluding hydrogens is 338 g/mol. The number of hydrogen-bond acceptors (Lipinski definition) is 1. The molecule has 28 heavy (non-hydrogen) atoms. The van der Waals surface area contributed by atoms with Crippen LogP contribution in [0.5, 0.6) is 0 Å². The molecule has 0 bridgehead atoms. The van der Waals surface area contributed by atoms with E-state index in [1.807, 2.05) is 0 Å². The minimum Gasteiger partial charge on any atom is -0.333 e. The van der Waals surface area contributed by atoms with E-state index in [2.05, 4.69) is 97.5 Å². The zero-order valence-electron chi connectivity index (χ0n) is 16.5. The van der Waals surface area contributed by atoms with Crippen molar-refractivity contribution in [1.82, 2.24) is 0 Å². The first-order valence-electron chi connectivity index (χ1n) is 9.93. The van der Waals surface area contributed by atoms with E-state index in [9.17, 15) is 0 Å². The SMILES string of the molecule is C#C/C=C\C(=C/CC)N1c2ccccc2C2=CC(c3ccc(C)cc3)=CCC21. The normalized spacial score (nSPS) is 18.4. The molecule has 1 unspecified atom stereocenters. The highest BCUT2D eigenvalue weighted by Gasteiger charge is 2.35. The van der Waals surface area contributed by atoms with Gasteiger partial charge in [0.05, 0.1) is 6.04 Å². The topological polar surface area (TPSA) is 3.24 Å². The molecule has 1 aliphatic heterocycles. The third-order valence-electron chi connectivity index (χ3n) is 5.44. The lowest BCUT2D eigenvalue weighted by molar-refractivity contribution is 0.804. The van der Waals surface area contributed by atoms with E-state index in [4.69, 9.17) is 6.42 Å². The Morgan fingerprint density at radius 2 is 1.96 bits per heavy atom. The molecule has 0 fully saturated rings. The maximum absolute atomic E-state index is 5.49. The Balaban J connectivity index is 1.79. The Labute approximate surface area is 168 Å². The Bertz CT molecular complexity index is 1040. The summed E-state index contributed by atoms with van der Waals surface area (Å²) in [5.41, 5.74) is 9.03. The summed E-state index contributed by atoms with van der Waals surface area (Å²) in [5, 5.41) is 0. The van der Waals surface area contributed by atoms with Crippen molar-refractivity contribution in [2.24, 2.45) is 0 Å². The van der Waals surface area contributed by atoms with E-state index in [1.54, 1.807) is 6.08 Å². The van der Waals surface area contributed by atoms with Crippen molar-refractivity contribution >= 4 is 16.8 Å². The summed E-state index contributed by atoms with van der Waals surface area (Å²) in [4.78, 5) is 2.45. The highest BCUT2D eigenvalue weighted by atomic mass is 15.2. The monoisotopic (exact) mass is 363 g/mol. The molecule has 1 heteroatoms. The Morgan fingerprint density at radius 1 is 1.18 bits per heavy atom. The van der Waals surface area contributed by atoms with Gasteiger partial charge in [-0.25, -0.2) is 0 Å². The minimum absolute atomic E-state index is 0.312. The van der Waals surface area contributed by atoms with Crippen molar-refractivity contribution in [3.63, 3.8) is 0 Å². The van der Waals surface area contributed by atoms with Gasteiger partial charge in [-0.15, -0.1) is 6.42 Å². The number of benzene rings is 2. The van der Waals surface area contributed by atoms with E-state index in [-0.39, 0.29) is 0 Å². The first-order chi connectivity index (χ1) is 13.7. The van der Waals surface area contributed by atoms with Gasteiger partial charge in [0, 0.05) is 16.9 Å². The Hall–Kier alpha value is -3.24. The van der Waals surface area contributed by atoms with Crippen molar-refractivity contribution in [2.45, 2.75) is 32.7 Å². The van der Waals surface area contributed by atoms with Crippen LogP contribution in [0.15, 0.2) is 84.6 Å². The fraction of sp³-hybridized carbons (Fsp3) is 0.185. The maximum Gasteiger partial charge on any atom is 0.0633 e. The van der Waals surface area contributed by atoms with Crippen molar-refractivity contribution in [3.8, 4) is 12.3 Å². The van der Waals surface area contributed by atoms with E-state index in [1.165, 1.54) is 39.2 Å². The number of anilines is 1. The number of hydrogen-bond donors (Lipinski definition) is 0. The van der Waals surface area contributed by atoms with Gasteiger partial charge >= 0.3 is 0 Å². The average Bonchev–Trinajstić information content (AvgIpc) is 3.05. The summed E-state index contributed by atoms with van der Waals surface area (Å²) in [7, 11) is 0. The van der Waals surface area contributed by atoms with Crippen molar-refractivity contribution in [2.75, 3.05) is 4.90 Å². The first-order valence-corrected chi connectivity index (χ1v) is 9.93. The van der Waals surface area contributed by atoms with Gasteiger partial charge < -0.3 is 4.90 Å². The summed E-state index contributed by atoms with van der Waals surface area (Å²) >= 11 is 0. The van der Waals surface area contributed by atoms with E-state index < -0.39 is 0 Å². The van der Waals surface area contributed by atoms with Gasteiger partial charge in [0.25, 0.3) is 0 Å². The average molecular weight is 364 g/mol. The zero-order valence-corrected chi connectivity index (χ0v) is 16.5. The number of rotatable bonds is 4. The van der Waals surface area contributed by atoms with E-state index in [0.717, 1.165) is 12.8 Å². The highest BCUT2D eigenvalue weighted by Crippen LogP contribution is 2.47. The summed E-state index contributed by atoms with van der Waals surface area (Å²) in [6.07, 6.45) is 18.3. The molecule has 1 aliphatic carbocycles. The molecule has 1 atom stereocenters. The number of para-hydroxylation sites is 1. The molecule has 1 heterocycles. The summed E-state index contributed by atoms with van der Waals surface area (Å²) in [5.74, 6) is 2.63. The standard InChI is InChI=1S/C27H25N/c1-4-6-10-23(9-5-2)28-26-12-8-7-11-24(26)25-19-22(17-18-27(25)28)21-15-13-20(3)14-16-21/h1,6-17,19,27H,5,18H2,2-3H3/b10-6-,23-9+. The Kier molecular flexibility index (Phi) is 5.04. The van der Waals surface area contributed by atoms with Crippen LogP contribution in [-0.4, -0.2) is 6.04 Å². The second-order valence-corrected chi connectivity index (χ2v) is 7.30. The predicted octanol–water partition coefficient (Wildman–Crippen LogP) is 6.54. The van der Waals surface area contributed by atoms with Crippen LogP contribution in [0.25, 0.3) is 11.1 Å². The van der Waals surface area contributed by atoms with Crippen molar-refractivity contribution in [3.05, 3.63) is 101 Å². The lowest BCUT2D eigenvalue weighted by Gasteiger charge is -2.30. The van der Waals surface area contributed by atoms with Crippen LogP contribution in [0.3, 0.4) is 0 Å². The molecule has 0 saturated heterocycles. The van der Waals surface area contributed by atoms with Crippen LogP contribution in [-0.2, 0) is 0 Å². The van der Waals surface area contributed by atoms with Crippen LogP contribution in [0, 0.1) is 19.3 Å². The van der Waals surface area contributed by atoms with Crippen LogP contribution in [0.2, 0.25) is 0 Å². The molecule has 0 amide bonds. The molecule has 2 aromatic carbocycles.